The van der Waals surface area contributed by atoms with Crippen LogP contribution in [0.2, 0.25) is 0 Å². The minimum Gasteiger partial charge on any atom is -0.337 e. The van der Waals surface area contributed by atoms with Crippen molar-refractivity contribution in [1.82, 2.24) is 4.90 Å². The fourth-order valence-electron chi connectivity index (χ4n) is 3.24. The average molecular weight is 389 g/mol. The number of amides is 1. The van der Waals surface area contributed by atoms with Crippen molar-refractivity contribution in [3.8, 4) is 0 Å². The lowest BCUT2D eigenvalue weighted by atomic mass is 10.2. The molecular weight excluding hydrogens is 373 g/mol. The van der Waals surface area contributed by atoms with Gasteiger partial charge in [0.25, 0.3) is 5.91 Å². The Kier molecular flexibility index (Phi) is 4.28. The Labute approximate surface area is 154 Å². The number of rotatable bonds is 3. The van der Waals surface area contributed by atoms with Gasteiger partial charge in [-0.05, 0) is 48.2 Å². The number of carbonyl (C=O) groups excluding carboxylic acids is 1. The molecule has 1 aliphatic rings. The first-order valence-corrected chi connectivity index (χ1v) is 10.6. The van der Waals surface area contributed by atoms with E-state index in [1.54, 1.807) is 47.4 Å². The highest BCUT2D eigenvalue weighted by Gasteiger charge is 2.36. The summed E-state index contributed by atoms with van der Waals surface area (Å²) in [6, 6.07) is 14.4. The van der Waals surface area contributed by atoms with Gasteiger partial charge in [-0.1, -0.05) is 18.2 Å². The van der Waals surface area contributed by atoms with Crippen LogP contribution in [0.25, 0.3) is 10.1 Å². The van der Waals surface area contributed by atoms with Crippen molar-refractivity contribution in [2.75, 3.05) is 13.1 Å². The third-order valence-corrected chi connectivity index (χ3v) is 7.93. The van der Waals surface area contributed by atoms with E-state index in [1.165, 1.54) is 23.5 Å². The summed E-state index contributed by atoms with van der Waals surface area (Å²) in [4.78, 5) is 15.1. The minimum absolute atomic E-state index is 0.179. The summed E-state index contributed by atoms with van der Waals surface area (Å²) in [7, 11) is -3.46. The number of fused-ring (bicyclic) bond motifs is 1. The molecule has 1 saturated heterocycles. The Bertz CT molecular complexity index is 1080. The Hall–Kier alpha value is -2.25. The molecule has 1 atom stereocenters. The van der Waals surface area contributed by atoms with Crippen molar-refractivity contribution < 1.29 is 17.6 Å². The number of halogens is 1. The third-order valence-electron chi connectivity index (χ3n) is 4.63. The molecule has 0 N–H and O–H groups in total. The monoisotopic (exact) mass is 389 g/mol. The molecule has 4 nitrogen and oxygen atoms in total. The van der Waals surface area contributed by atoms with Crippen LogP contribution in [0.5, 0.6) is 0 Å². The van der Waals surface area contributed by atoms with Crippen LogP contribution in [-0.4, -0.2) is 37.6 Å². The number of hydrogen-bond donors (Lipinski definition) is 0. The SMILES string of the molecule is O=C(c1cc2cc(F)ccc2s1)N1CCC(S(=O)(=O)c2ccccc2)C1. The molecule has 2 aromatic carbocycles. The van der Waals surface area contributed by atoms with E-state index in [0.717, 1.165) is 4.70 Å². The second-order valence-electron chi connectivity index (χ2n) is 6.31. The molecule has 1 fully saturated rings. The molecule has 1 aliphatic heterocycles. The molecule has 0 aliphatic carbocycles. The van der Waals surface area contributed by atoms with E-state index >= 15 is 0 Å². The van der Waals surface area contributed by atoms with Crippen LogP contribution in [0.4, 0.5) is 4.39 Å². The normalized spacial score (nSPS) is 17.7. The third kappa shape index (κ3) is 3.01. The number of sulfone groups is 1. The number of benzene rings is 2. The minimum atomic E-state index is -3.46. The molecule has 0 radical (unpaired) electrons. The molecule has 0 bridgehead atoms. The summed E-state index contributed by atoms with van der Waals surface area (Å²) >= 11 is 1.30. The molecule has 0 spiro atoms. The average Bonchev–Trinajstić information content (AvgIpc) is 3.29. The van der Waals surface area contributed by atoms with Gasteiger partial charge in [0.05, 0.1) is 15.0 Å². The molecule has 0 saturated carbocycles. The van der Waals surface area contributed by atoms with Crippen LogP contribution in [0.1, 0.15) is 16.1 Å². The second-order valence-corrected chi connectivity index (χ2v) is 9.62. The molecule has 26 heavy (non-hydrogen) atoms. The maximum atomic E-state index is 13.3. The second kappa shape index (κ2) is 6.48. The zero-order valence-corrected chi connectivity index (χ0v) is 15.4. The summed E-state index contributed by atoms with van der Waals surface area (Å²) in [5, 5.41) is 0.0895. The first-order chi connectivity index (χ1) is 12.4. The molecular formula is C19H16FNO3S2. The highest BCUT2D eigenvalue weighted by atomic mass is 32.2. The van der Waals surface area contributed by atoms with Crippen molar-refractivity contribution in [2.24, 2.45) is 0 Å². The molecule has 4 rings (SSSR count). The standard InChI is InChI=1S/C19H16FNO3S2/c20-14-6-7-17-13(10-14)11-18(25-17)19(22)21-9-8-16(12-21)26(23,24)15-4-2-1-3-5-15/h1-7,10-11,16H,8-9,12H2. The Morgan fingerprint density at radius 1 is 1.12 bits per heavy atom. The molecule has 1 unspecified atom stereocenters. The fraction of sp³-hybridized carbons (Fsp3) is 0.211. The largest absolute Gasteiger partial charge is 0.337 e. The van der Waals surface area contributed by atoms with Crippen molar-refractivity contribution in [3.63, 3.8) is 0 Å². The molecule has 1 amide bonds. The highest BCUT2D eigenvalue weighted by molar-refractivity contribution is 7.92. The number of thiophene rings is 1. The van der Waals surface area contributed by atoms with Crippen LogP contribution in [-0.2, 0) is 9.84 Å². The van der Waals surface area contributed by atoms with Crippen LogP contribution >= 0.6 is 11.3 Å². The van der Waals surface area contributed by atoms with Crippen molar-refractivity contribution in [1.29, 1.82) is 0 Å². The van der Waals surface area contributed by atoms with Crippen LogP contribution in [0, 0.1) is 5.82 Å². The molecule has 3 aromatic rings. The predicted octanol–water partition coefficient (Wildman–Crippen LogP) is 3.73. The van der Waals surface area contributed by atoms with Gasteiger partial charge in [0.15, 0.2) is 9.84 Å². The molecule has 1 aromatic heterocycles. The van der Waals surface area contributed by atoms with E-state index in [-0.39, 0.29) is 23.2 Å². The highest BCUT2D eigenvalue weighted by Crippen LogP contribution is 2.30. The zero-order chi connectivity index (χ0) is 18.3. The lowest BCUT2D eigenvalue weighted by Gasteiger charge is -2.16. The summed E-state index contributed by atoms with van der Waals surface area (Å²) in [5.41, 5.74) is 0. The van der Waals surface area contributed by atoms with E-state index in [1.807, 2.05) is 0 Å². The van der Waals surface area contributed by atoms with E-state index in [4.69, 9.17) is 0 Å². The van der Waals surface area contributed by atoms with Crippen molar-refractivity contribution >= 4 is 37.2 Å². The summed E-state index contributed by atoms with van der Waals surface area (Å²) in [6.45, 7) is 0.580. The van der Waals surface area contributed by atoms with E-state index in [2.05, 4.69) is 0 Å². The zero-order valence-electron chi connectivity index (χ0n) is 13.8. The van der Waals surface area contributed by atoms with Gasteiger partial charge in [0, 0.05) is 17.8 Å². The summed E-state index contributed by atoms with van der Waals surface area (Å²) in [6.07, 6.45) is 0.419. The van der Waals surface area contributed by atoms with Crippen molar-refractivity contribution in [2.45, 2.75) is 16.6 Å². The van der Waals surface area contributed by atoms with Gasteiger partial charge in [-0.3, -0.25) is 4.79 Å². The van der Waals surface area contributed by atoms with Gasteiger partial charge >= 0.3 is 0 Å². The summed E-state index contributed by atoms with van der Waals surface area (Å²) < 4.78 is 39.7. The van der Waals surface area contributed by atoms with E-state index < -0.39 is 15.1 Å². The Morgan fingerprint density at radius 3 is 2.65 bits per heavy atom. The van der Waals surface area contributed by atoms with Gasteiger partial charge in [-0.2, -0.15) is 0 Å². The van der Waals surface area contributed by atoms with Crippen LogP contribution in [0.15, 0.2) is 59.5 Å². The Morgan fingerprint density at radius 2 is 1.88 bits per heavy atom. The Balaban J connectivity index is 1.55. The first-order valence-electron chi connectivity index (χ1n) is 8.22. The van der Waals surface area contributed by atoms with Gasteiger partial charge in [0.1, 0.15) is 5.82 Å². The molecule has 7 heteroatoms. The van der Waals surface area contributed by atoms with Crippen LogP contribution < -0.4 is 0 Å². The lowest BCUT2D eigenvalue weighted by Crippen LogP contribution is -2.31. The van der Waals surface area contributed by atoms with Gasteiger partial charge < -0.3 is 4.90 Å². The smallest absolute Gasteiger partial charge is 0.264 e. The predicted molar refractivity (Wildman–Crippen MR) is 99.7 cm³/mol. The van der Waals surface area contributed by atoms with Crippen LogP contribution in [0.3, 0.4) is 0 Å². The fourth-order valence-corrected chi connectivity index (χ4v) is 5.97. The number of carbonyl (C=O) groups is 1. The molecule has 134 valence electrons. The number of hydrogen-bond acceptors (Lipinski definition) is 4. The first kappa shape index (κ1) is 17.2. The van der Waals surface area contributed by atoms with Crippen molar-refractivity contribution in [3.05, 3.63) is 65.3 Å². The maximum Gasteiger partial charge on any atom is 0.264 e. The molecule has 2 heterocycles. The summed E-state index contributed by atoms with van der Waals surface area (Å²) in [5.74, 6) is -0.540. The van der Waals surface area contributed by atoms with Gasteiger partial charge in [-0.25, -0.2) is 12.8 Å². The number of likely N-dealkylation sites (tertiary alicyclic amines) is 1. The van der Waals surface area contributed by atoms with Gasteiger partial charge in [0.2, 0.25) is 0 Å². The van der Waals surface area contributed by atoms with E-state index in [9.17, 15) is 17.6 Å². The maximum absolute atomic E-state index is 13.3. The topological polar surface area (TPSA) is 54.5 Å². The lowest BCUT2D eigenvalue weighted by molar-refractivity contribution is 0.0798. The van der Waals surface area contributed by atoms with Gasteiger partial charge in [-0.15, -0.1) is 11.3 Å². The number of nitrogens with zero attached hydrogens (tertiary/aromatic N) is 1. The van der Waals surface area contributed by atoms with E-state index in [0.29, 0.717) is 23.2 Å². The quantitative estimate of drug-likeness (QED) is 0.686.